The maximum absolute atomic E-state index is 13.0. The van der Waals surface area contributed by atoms with E-state index in [4.69, 9.17) is 4.74 Å². The number of methoxy groups -OCH3 is 1. The molecule has 0 amide bonds. The number of fused-ring (bicyclic) bond motifs is 1. The summed E-state index contributed by atoms with van der Waals surface area (Å²) in [6.07, 6.45) is 0. The summed E-state index contributed by atoms with van der Waals surface area (Å²) in [5, 5.41) is 16.4. The van der Waals surface area contributed by atoms with Gasteiger partial charge in [0.1, 0.15) is 5.75 Å². The SMILES string of the molecule is COc1ccccc1-c1ccc(/N=c2/c3c(=O)c4ccccc4c(=O)c=3n[n+]2[O-])cc1. The number of hydrogen-bond acceptors (Lipinski definition) is 6. The van der Waals surface area contributed by atoms with Crippen LogP contribution in [0, 0.1) is 15.8 Å². The van der Waals surface area contributed by atoms with Crippen LogP contribution in [-0.2, 0) is 0 Å². The molecule has 150 valence electrons. The first-order valence-electron chi connectivity index (χ1n) is 9.52. The first-order valence-corrected chi connectivity index (χ1v) is 9.52. The first-order chi connectivity index (χ1) is 15.1. The van der Waals surface area contributed by atoms with E-state index in [1.165, 1.54) is 0 Å². The molecule has 0 atom stereocenters. The summed E-state index contributed by atoms with van der Waals surface area (Å²) in [7, 11) is 1.61. The Kier molecular flexibility index (Phi) is 4.29. The smallest absolute Gasteiger partial charge is 0.361 e. The first kappa shape index (κ1) is 18.6. The van der Waals surface area contributed by atoms with Gasteiger partial charge in [-0.25, -0.2) is 0 Å². The normalized spacial score (nSPS) is 12.0. The molecule has 5 rings (SSSR count). The Morgan fingerprint density at radius 1 is 0.871 bits per heavy atom. The Morgan fingerprint density at radius 3 is 2.23 bits per heavy atom. The lowest BCUT2D eigenvalue weighted by atomic mass is 10.0. The fourth-order valence-electron chi connectivity index (χ4n) is 3.72. The lowest BCUT2D eigenvalue weighted by molar-refractivity contribution is -0.681. The molecule has 0 aromatic heterocycles. The number of aromatic nitrogens is 2. The second-order valence-electron chi connectivity index (χ2n) is 6.98. The van der Waals surface area contributed by atoms with Gasteiger partial charge in [-0.15, -0.1) is 4.85 Å². The highest BCUT2D eigenvalue weighted by atomic mass is 16.5. The molecule has 3 aromatic carbocycles. The molecule has 1 aliphatic heterocycles. The molecule has 1 aliphatic carbocycles. The Labute approximate surface area is 175 Å². The summed E-state index contributed by atoms with van der Waals surface area (Å²) in [4.78, 5) is 30.3. The zero-order valence-electron chi connectivity index (χ0n) is 16.4. The van der Waals surface area contributed by atoms with Crippen LogP contribution in [-0.4, -0.2) is 12.2 Å². The number of nitrogens with zero attached hydrogens (tertiary/aromatic N) is 3. The van der Waals surface area contributed by atoms with E-state index in [1.54, 1.807) is 43.5 Å². The fraction of sp³-hybridized carbons (Fsp3) is 0.0417. The molecule has 0 spiro atoms. The number of hydrogen-bond donors (Lipinski definition) is 0. The maximum atomic E-state index is 13.0. The molecular weight excluding hydrogens is 394 g/mol. The predicted octanol–water partition coefficient (Wildman–Crippen LogP) is 2.10. The van der Waals surface area contributed by atoms with Gasteiger partial charge >= 0.3 is 5.49 Å². The van der Waals surface area contributed by atoms with E-state index in [9.17, 15) is 14.8 Å². The third kappa shape index (κ3) is 2.95. The molecule has 31 heavy (non-hydrogen) atoms. The van der Waals surface area contributed by atoms with Crippen molar-refractivity contribution < 1.29 is 9.58 Å². The lowest BCUT2D eigenvalue weighted by Gasteiger charge is -2.07. The predicted molar refractivity (Wildman–Crippen MR) is 115 cm³/mol. The number of ether oxygens (including phenoxy) is 1. The van der Waals surface area contributed by atoms with Gasteiger partial charge < -0.3 is 9.94 Å². The highest BCUT2D eigenvalue weighted by Gasteiger charge is 2.18. The van der Waals surface area contributed by atoms with Gasteiger partial charge in [-0.1, -0.05) is 47.6 Å². The van der Waals surface area contributed by atoms with Gasteiger partial charge in [0.15, 0.2) is 16.3 Å². The molecule has 0 fully saturated rings. The molecule has 0 saturated carbocycles. The van der Waals surface area contributed by atoms with Crippen LogP contribution in [0.4, 0.5) is 5.69 Å². The van der Waals surface area contributed by atoms with E-state index in [-0.39, 0.29) is 31.7 Å². The van der Waals surface area contributed by atoms with Gasteiger partial charge in [0.25, 0.3) is 0 Å². The Balaban J connectivity index is 1.72. The summed E-state index contributed by atoms with van der Waals surface area (Å²) < 4.78 is 5.40. The standard InChI is InChI=1S/C24H15N3O4/c1-31-19-9-5-4-6-16(19)14-10-12-15(13-11-14)25-24-20-21(26-27(24)30)23(29)18-8-3-2-7-17(18)22(20)28/h2-13H,1H3/b25-24-. The zero-order chi connectivity index (χ0) is 21.5. The average Bonchev–Trinajstić information content (AvgIpc) is 3.14. The van der Waals surface area contributed by atoms with Crippen LogP contribution in [0.3, 0.4) is 0 Å². The fourth-order valence-corrected chi connectivity index (χ4v) is 3.72. The molecule has 1 heterocycles. The van der Waals surface area contributed by atoms with Crippen LogP contribution in [0.1, 0.15) is 0 Å². The Hall–Kier alpha value is -4.39. The van der Waals surface area contributed by atoms with Crippen molar-refractivity contribution in [3.05, 3.63) is 115 Å². The van der Waals surface area contributed by atoms with Crippen molar-refractivity contribution in [1.82, 2.24) is 5.10 Å². The highest BCUT2D eigenvalue weighted by molar-refractivity contribution is 5.81. The van der Waals surface area contributed by atoms with Gasteiger partial charge in [0.2, 0.25) is 10.9 Å². The van der Waals surface area contributed by atoms with E-state index < -0.39 is 10.9 Å². The minimum Gasteiger partial charge on any atom is -0.690 e. The van der Waals surface area contributed by atoms with Crippen LogP contribution in [0.2, 0.25) is 0 Å². The molecule has 2 aliphatic rings. The van der Waals surface area contributed by atoms with Crippen molar-refractivity contribution in [2.75, 3.05) is 7.11 Å². The minimum atomic E-state index is -0.456. The Bertz CT molecular complexity index is 1670. The summed E-state index contributed by atoms with van der Waals surface area (Å²) in [5.41, 5.74) is 1.21. The van der Waals surface area contributed by atoms with E-state index in [1.807, 2.05) is 36.4 Å². The van der Waals surface area contributed by atoms with Crippen LogP contribution >= 0.6 is 0 Å². The number of benzene rings is 3. The zero-order valence-corrected chi connectivity index (χ0v) is 16.4. The lowest BCUT2D eigenvalue weighted by Crippen LogP contribution is -2.46. The van der Waals surface area contributed by atoms with E-state index in [0.717, 1.165) is 16.9 Å². The summed E-state index contributed by atoms with van der Waals surface area (Å²) in [6.45, 7) is 0. The molecule has 7 heteroatoms. The third-order valence-corrected chi connectivity index (χ3v) is 5.21. The van der Waals surface area contributed by atoms with Crippen molar-refractivity contribution >= 4 is 16.5 Å². The van der Waals surface area contributed by atoms with Gasteiger partial charge in [0, 0.05) is 16.3 Å². The van der Waals surface area contributed by atoms with Gasteiger partial charge in [0.05, 0.1) is 7.11 Å². The molecule has 0 unspecified atom stereocenters. The molecule has 0 saturated heterocycles. The van der Waals surface area contributed by atoms with Gasteiger partial charge in [-0.2, -0.15) is 0 Å². The van der Waals surface area contributed by atoms with Crippen LogP contribution < -0.4 is 25.9 Å². The van der Waals surface area contributed by atoms with E-state index >= 15 is 0 Å². The van der Waals surface area contributed by atoms with Crippen LogP contribution in [0.5, 0.6) is 5.75 Å². The van der Waals surface area contributed by atoms with Crippen molar-refractivity contribution in [2.45, 2.75) is 0 Å². The largest absolute Gasteiger partial charge is 0.690 e. The van der Waals surface area contributed by atoms with Crippen molar-refractivity contribution in [1.29, 1.82) is 0 Å². The van der Waals surface area contributed by atoms with Crippen molar-refractivity contribution in [2.24, 2.45) is 4.99 Å². The Morgan fingerprint density at radius 2 is 1.52 bits per heavy atom. The van der Waals surface area contributed by atoms with Crippen LogP contribution in [0.15, 0.2) is 87.4 Å². The average molecular weight is 409 g/mol. The second-order valence-corrected chi connectivity index (χ2v) is 6.98. The second kappa shape index (κ2) is 7.14. The summed E-state index contributed by atoms with van der Waals surface area (Å²) in [6, 6.07) is 21.2. The van der Waals surface area contributed by atoms with Gasteiger partial charge in [-0.05, 0) is 40.9 Å². The third-order valence-electron chi connectivity index (χ3n) is 5.21. The molecule has 0 radical (unpaired) electrons. The molecular formula is C24H15N3O4. The van der Waals surface area contributed by atoms with Gasteiger partial charge in [-0.3, -0.25) is 9.59 Å². The maximum Gasteiger partial charge on any atom is 0.361 e. The molecule has 0 bridgehead atoms. The van der Waals surface area contributed by atoms with Crippen molar-refractivity contribution in [3.63, 3.8) is 0 Å². The molecule has 3 aromatic rings. The number of para-hydroxylation sites is 1. The molecule has 7 nitrogen and oxygen atoms in total. The topological polar surface area (TPSA) is 95.6 Å². The monoisotopic (exact) mass is 409 g/mol. The van der Waals surface area contributed by atoms with E-state index in [2.05, 4.69) is 10.1 Å². The van der Waals surface area contributed by atoms with Crippen LogP contribution in [0.25, 0.3) is 21.9 Å². The van der Waals surface area contributed by atoms with E-state index in [0.29, 0.717) is 5.69 Å². The summed E-state index contributed by atoms with van der Waals surface area (Å²) >= 11 is 0. The minimum absolute atomic E-state index is 0.0625. The highest BCUT2D eigenvalue weighted by Crippen LogP contribution is 2.30. The quantitative estimate of drug-likeness (QED) is 0.336. The number of rotatable bonds is 3. The van der Waals surface area contributed by atoms with Crippen molar-refractivity contribution in [3.8, 4) is 16.9 Å². The molecule has 0 N–H and O–H groups in total. The summed E-state index contributed by atoms with van der Waals surface area (Å²) in [5.74, 6) is 0.738.